The molecule has 6 nitrogen and oxygen atoms in total. The number of nitrogens with zero attached hydrogens (tertiary/aromatic N) is 1. The zero-order valence-electron chi connectivity index (χ0n) is 8.22. The van der Waals surface area contributed by atoms with Crippen molar-refractivity contribution in [3.05, 3.63) is 22.5 Å². The summed E-state index contributed by atoms with van der Waals surface area (Å²) in [6.45, 7) is -0.142. The maximum absolute atomic E-state index is 13.2. The van der Waals surface area contributed by atoms with Gasteiger partial charge >= 0.3 is 5.69 Å². The Morgan fingerprint density at radius 2 is 2.56 bits per heavy atom. The Morgan fingerprint density at radius 3 is 3.19 bits per heavy atom. The first kappa shape index (κ1) is 11.4. The Balaban J connectivity index is 2.28. The predicted molar refractivity (Wildman–Crippen MR) is 55.1 cm³/mol. The number of anilines is 1. The molecule has 1 fully saturated rings. The molecule has 0 bridgehead atoms. The molecular formula is C8H11FN3O3S+. The van der Waals surface area contributed by atoms with Gasteiger partial charge in [0.1, 0.15) is 11.6 Å². The van der Waals surface area contributed by atoms with Crippen molar-refractivity contribution in [3.63, 3.8) is 0 Å². The summed E-state index contributed by atoms with van der Waals surface area (Å²) < 4.78 is 19.6. The van der Waals surface area contributed by atoms with Gasteiger partial charge in [0.15, 0.2) is 0 Å². The lowest BCUT2D eigenvalue weighted by molar-refractivity contribution is -0.771. The van der Waals surface area contributed by atoms with Crippen LogP contribution in [0.25, 0.3) is 0 Å². The van der Waals surface area contributed by atoms with Gasteiger partial charge in [-0.25, -0.2) is 0 Å². The minimum absolute atomic E-state index is 0.142. The fourth-order valence-corrected chi connectivity index (χ4v) is 2.32. The molecule has 1 saturated heterocycles. The number of hydrogen-bond acceptors (Lipinski definition) is 5. The fraction of sp³-hybridized carbons (Fsp3) is 0.500. The lowest BCUT2D eigenvalue weighted by atomic mass is 10.5. The lowest BCUT2D eigenvalue weighted by Crippen LogP contribution is -2.56. The van der Waals surface area contributed by atoms with E-state index in [1.54, 1.807) is 0 Å². The third-order valence-corrected chi connectivity index (χ3v) is 3.29. The Labute approximate surface area is 94.2 Å². The van der Waals surface area contributed by atoms with E-state index in [9.17, 15) is 9.18 Å². The number of H-pyrrole nitrogens is 1. The van der Waals surface area contributed by atoms with Gasteiger partial charge in [0.05, 0.1) is 12.4 Å². The molecule has 0 aliphatic carbocycles. The highest BCUT2D eigenvalue weighted by atomic mass is 32.2. The highest BCUT2D eigenvalue weighted by Gasteiger charge is 2.32. The number of ether oxygens (including phenoxy) is 1. The predicted octanol–water partition coefficient (Wildman–Crippen LogP) is -1.04. The van der Waals surface area contributed by atoms with Crippen LogP contribution in [0.1, 0.15) is 6.23 Å². The van der Waals surface area contributed by atoms with Crippen molar-refractivity contribution in [1.82, 2.24) is 4.98 Å². The van der Waals surface area contributed by atoms with Crippen LogP contribution in [0.5, 0.6) is 0 Å². The maximum Gasteiger partial charge on any atom is 0.499 e. The Hall–Kier alpha value is -1.12. The normalized spacial score (nSPS) is 24.9. The first-order valence-electron chi connectivity index (χ1n) is 4.59. The standard InChI is InChI=1S/C8H10FN3O3S/c9-4-1-12(8(14)11-7(4)10)5-3-16-6(2-13)15-5/h1,5-6,13H,2-3H2,(H2,10,11,14)/p+1. The van der Waals surface area contributed by atoms with Crippen LogP contribution in [0.2, 0.25) is 0 Å². The summed E-state index contributed by atoms with van der Waals surface area (Å²) in [6.07, 6.45) is 0.417. The number of nitrogen functional groups attached to an aromatic ring is 1. The third-order valence-electron chi connectivity index (χ3n) is 2.18. The smallest absolute Gasteiger partial charge is 0.393 e. The third kappa shape index (κ3) is 2.04. The first-order chi connectivity index (χ1) is 7.61. The summed E-state index contributed by atoms with van der Waals surface area (Å²) in [5.41, 5.74) is 4.30. The molecule has 2 atom stereocenters. The second-order valence-corrected chi connectivity index (χ2v) is 4.46. The van der Waals surface area contributed by atoms with Crippen molar-refractivity contribution in [2.45, 2.75) is 11.7 Å². The van der Waals surface area contributed by atoms with E-state index in [0.717, 1.165) is 10.8 Å². The van der Waals surface area contributed by atoms with Crippen LogP contribution in [-0.4, -0.2) is 27.9 Å². The fourth-order valence-electron chi connectivity index (χ4n) is 1.39. The number of nitrogens with two attached hydrogens (primary N) is 1. The van der Waals surface area contributed by atoms with Crippen molar-refractivity contribution in [2.24, 2.45) is 0 Å². The number of rotatable bonds is 2. The molecule has 4 N–H and O–H groups in total. The Morgan fingerprint density at radius 1 is 1.81 bits per heavy atom. The van der Waals surface area contributed by atoms with Gasteiger partial charge < -0.3 is 15.6 Å². The minimum atomic E-state index is -0.708. The Bertz CT molecular complexity index is 453. The summed E-state index contributed by atoms with van der Waals surface area (Å²) in [4.78, 5) is 13.7. The van der Waals surface area contributed by atoms with Gasteiger partial charge in [-0.05, 0) is 0 Å². The van der Waals surface area contributed by atoms with E-state index in [0.29, 0.717) is 5.75 Å². The number of nitrogens with one attached hydrogen (secondary N) is 1. The van der Waals surface area contributed by atoms with Crippen LogP contribution in [0.3, 0.4) is 0 Å². The average Bonchev–Trinajstić information content (AvgIpc) is 2.71. The lowest BCUT2D eigenvalue weighted by Gasteiger charge is -2.08. The molecule has 0 radical (unpaired) electrons. The molecule has 1 aromatic heterocycles. The molecule has 1 aliphatic heterocycles. The van der Waals surface area contributed by atoms with Gasteiger partial charge in [-0.15, -0.1) is 11.8 Å². The van der Waals surface area contributed by atoms with Crippen molar-refractivity contribution in [2.75, 3.05) is 18.1 Å². The van der Waals surface area contributed by atoms with E-state index in [2.05, 4.69) is 4.98 Å². The number of halogens is 1. The molecular weight excluding hydrogens is 237 g/mol. The topological polar surface area (TPSA) is 92.2 Å². The van der Waals surface area contributed by atoms with E-state index in [1.165, 1.54) is 11.8 Å². The molecule has 1 aromatic rings. The maximum atomic E-state index is 13.2. The number of aromatic amines is 1. The molecule has 2 rings (SSSR count). The summed E-state index contributed by atoms with van der Waals surface area (Å²) in [6, 6.07) is 0. The summed E-state index contributed by atoms with van der Waals surface area (Å²) in [5, 5.41) is 8.86. The van der Waals surface area contributed by atoms with Crippen molar-refractivity contribution >= 4 is 17.6 Å². The van der Waals surface area contributed by atoms with Gasteiger partial charge in [-0.3, -0.25) is 0 Å². The van der Waals surface area contributed by atoms with Crippen LogP contribution in [0, 0.1) is 5.82 Å². The minimum Gasteiger partial charge on any atom is -0.393 e. The molecule has 2 heterocycles. The van der Waals surface area contributed by atoms with Gasteiger partial charge in [0.2, 0.25) is 17.9 Å². The van der Waals surface area contributed by atoms with E-state index >= 15 is 0 Å². The molecule has 88 valence electrons. The second-order valence-electron chi connectivity index (χ2n) is 3.26. The summed E-state index contributed by atoms with van der Waals surface area (Å²) in [5.74, 6) is -0.534. The molecule has 0 aromatic carbocycles. The molecule has 16 heavy (non-hydrogen) atoms. The van der Waals surface area contributed by atoms with Crippen LogP contribution >= 0.6 is 11.8 Å². The number of aromatic nitrogens is 2. The van der Waals surface area contributed by atoms with E-state index in [4.69, 9.17) is 15.6 Å². The number of aliphatic hydroxyl groups excluding tert-OH is 1. The van der Waals surface area contributed by atoms with E-state index in [1.807, 2.05) is 0 Å². The van der Waals surface area contributed by atoms with E-state index < -0.39 is 17.7 Å². The molecule has 1 aliphatic rings. The van der Waals surface area contributed by atoms with Crippen LogP contribution in [0.4, 0.5) is 10.2 Å². The van der Waals surface area contributed by atoms with Crippen LogP contribution < -0.4 is 16.0 Å². The zero-order chi connectivity index (χ0) is 11.7. The van der Waals surface area contributed by atoms with Gasteiger partial charge in [-0.2, -0.15) is 18.7 Å². The quantitative estimate of drug-likeness (QED) is 0.582. The Kier molecular flexibility index (Phi) is 3.13. The molecule has 0 saturated carbocycles. The number of hydrogen-bond donors (Lipinski definition) is 3. The number of thioether (sulfide) groups is 1. The summed E-state index contributed by atoms with van der Waals surface area (Å²) in [7, 11) is 0. The zero-order valence-corrected chi connectivity index (χ0v) is 9.04. The monoisotopic (exact) mass is 248 g/mol. The highest BCUT2D eigenvalue weighted by Crippen LogP contribution is 2.27. The van der Waals surface area contributed by atoms with Gasteiger partial charge in [0.25, 0.3) is 0 Å². The SMILES string of the molecule is Nc1[nH]c(=O)[n+](C2CSC(CO)O2)cc1F. The highest BCUT2D eigenvalue weighted by molar-refractivity contribution is 8.00. The van der Waals surface area contributed by atoms with E-state index in [-0.39, 0.29) is 17.9 Å². The van der Waals surface area contributed by atoms with Crippen molar-refractivity contribution < 1.29 is 18.8 Å². The van der Waals surface area contributed by atoms with Gasteiger partial charge in [0, 0.05) is 0 Å². The summed E-state index contributed by atoms with van der Waals surface area (Å²) >= 11 is 1.36. The average molecular weight is 248 g/mol. The molecule has 2 unspecified atom stereocenters. The number of aliphatic hydroxyl groups is 1. The molecule has 0 amide bonds. The van der Waals surface area contributed by atoms with Crippen molar-refractivity contribution in [1.29, 1.82) is 0 Å². The van der Waals surface area contributed by atoms with Crippen LogP contribution in [-0.2, 0) is 4.74 Å². The second kappa shape index (κ2) is 4.40. The first-order valence-corrected chi connectivity index (χ1v) is 5.64. The van der Waals surface area contributed by atoms with Gasteiger partial charge in [-0.1, -0.05) is 0 Å². The largest absolute Gasteiger partial charge is 0.499 e. The molecule has 8 heteroatoms. The van der Waals surface area contributed by atoms with Crippen LogP contribution in [0.15, 0.2) is 11.0 Å². The van der Waals surface area contributed by atoms with Crippen molar-refractivity contribution in [3.8, 4) is 0 Å². The molecule has 0 spiro atoms.